The first-order valence-electron chi connectivity index (χ1n) is 4.18. The number of hydrogen-bond donors (Lipinski definition) is 0. The zero-order valence-corrected chi connectivity index (χ0v) is 7.72. The van der Waals surface area contributed by atoms with E-state index in [1.54, 1.807) is 0 Å². The van der Waals surface area contributed by atoms with Crippen molar-refractivity contribution in [2.75, 3.05) is 12.4 Å². The highest BCUT2D eigenvalue weighted by atomic mass is 32.2. The lowest BCUT2D eigenvalue weighted by molar-refractivity contribution is 0.128. The lowest BCUT2D eigenvalue weighted by atomic mass is 10.2. The van der Waals surface area contributed by atoms with E-state index in [9.17, 15) is 0 Å². The van der Waals surface area contributed by atoms with Crippen molar-refractivity contribution in [1.82, 2.24) is 0 Å². The number of hydrogen-bond acceptors (Lipinski definition) is 2. The summed E-state index contributed by atoms with van der Waals surface area (Å²) in [7, 11) is 0. The molecule has 12 heavy (non-hydrogen) atoms. The SMILES string of the molecule is c1ccc(COC[C@H]2CS2)cc1. The molecule has 1 fully saturated rings. The molecule has 0 unspecified atom stereocenters. The van der Waals surface area contributed by atoms with Crippen molar-refractivity contribution in [3.8, 4) is 0 Å². The second-order valence-electron chi connectivity index (χ2n) is 2.96. The molecule has 0 amide bonds. The number of rotatable bonds is 4. The Kier molecular flexibility index (Phi) is 2.69. The summed E-state index contributed by atoms with van der Waals surface area (Å²) in [6, 6.07) is 10.3. The Balaban J connectivity index is 1.72. The monoisotopic (exact) mass is 180 g/mol. The number of benzene rings is 1. The Morgan fingerprint density at radius 2 is 2.08 bits per heavy atom. The summed E-state index contributed by atoms with van der Waals surface area (Å²) in [5.41, 5.74) is 1.27. The fourth-order valence-corrected chi connectivity index (χ4v) is 1.47. The maximum atomic E-state index is 5.52. The van der Waals surface area contributed by atoms with Crippen LogP contribution in [0.2, 0.25) is 0 Å². The Labute approximate surface area is 77.1 Å². The zero-order chi connectivity index (χ0) is 8.23. The van der Waals surface area contributed by atoms with Gasteiger partial charge in [0.2, 0.25) is 0 Å². The molecule has 0 aromatic heterocycles. The van der Waals surface area contributed by atoms with Crippen LogP contribution in [-0.2, 0) is 11.3 Å². The second kappa shape index (κ2) is 3.97. The summed E-state index contributed by atoms with van der Waals surface area (Å²) in [6.45, 7) is 1.68. The van der Waals surface area contributed by atoms with Crippen LogP contribution in [0.15, 0.2) is 30.3 Å². The molecule has 1 nitrogen and oxygen atoms in total. The lowest BCUT2D eigenvalue weighted by Crippen LogP contribution is -1.99. The summed E-state index contributed by atoms with van der Waals surface area (Å²) in [5, 5.41) is 0.786. The summed E-state index contributed by atoms with van der Waals surface area (Å²) in [5.74, 6) is 1.29. The van der Waals surface area contributed by atoms with Gasteiger partial charge in [0.1, 0.15) is 0 Å². The Morgan fingerprint density at radius 3 is 2.75 bits per heavy atom. The predicted molar refractivity (Wildman–Crippen MR) is 52.3 cm³/mol. The van der Waals surface area contributed by atoms with E-state index >= 15 is 0 Å². The number of ether oxygens (including phenoxy) is 1. The van der Waals surface area contributed by atoms with E-state index in [0.717, 1.165) is 18.5 Å². The third-order valence-corrected chi connectivity index (χ3v) is 2.76. The highest BCUT2D eigenvalue weighted by Gasteiger charge is 2.21. The van der Waals surface area contributed by atoms with E-state index in [1.807, 2.05) is 30.0 Å². The summed E-state index contributed by atoms with van der Waals surface area (Å²) in [4.78, 5) is 0. The van der Waals surface area contributed by atoms with Crippen LogP contribution in [0.4, 0.5) is 0 Å². The van der Waals surface area contributed by atoms with Crippen LogP contribution in [0.25, 0.3) is 0 Å². The molecular formula is C10H12OS. The van der Waals surface area contributed by atoms with Gasteiger partial charge in [-0.25, -0.2) is 0 Å². The molecule has 64 valence electrons. The van der Waals surface area contributed by atoms with Gasteiger partial charge in [-0.3, -0.25) is 0 Å². The van der Waals surface area contributed by atoms with Crippen LogP contribution in [-0.4, -0.2) is 17.6 Å². The minimum Gasteiger partial charge on any atom is -0.376 e. The first-order chi connectivity index (χ1) is 5.95. The first kappa shape index (κ1) is 8.14. The van der Waals surface area contributed by atoms with Crippen LogP contribution < -0.4 is 0 Å². The summed E-state index contributed by atoms with van der Waals surface area (Å²) < 4.78 is 5.52. The summed E-state index contributed by atoms with van der Waals surface area (Å²) in [6.07, 6.45) is 0. The summed E-state index contributed by atoms with van der Waals surface area (Å²) >= 11 is 1.98. The minimum absolute atomic E-state index is 0.762. The number of thioether (sulfide) groups is 1. The third kappa shape index (κ3) is 2.54. The molecule has 1 aliphatic heterocycles. The molecule has 0 spiro atoms. The topological polar surface area (TPSA) is 9.23 Å². The van der Waals surface area contributed by atoms with Crippen LogP contribution in [0.3, 0.4) is 0 Å². The molecule has 1 aliphatic rings. The van der Waals surface area contributed by atoms with E-state index in [1.165, 1.54) is 11.3 Å². The predicted octanol–water partition coefficient (Wildman–Crippen LogP) is 2.32. The van der Waals surface area contributed by atoms with Crippen LogP contribution in [0.1, 0.15) is 5.56 Å². The van der Waals surface area contributed by atoms with Crippen molar-refractivity contribution in [3.63, 3.8) is 0 Å². The van der Waals surface area contributed by atoms with Crippen LogP contribution in [0.5, 0.6) is 0 Å². The van der Waals surface area contributed by atoms with E-state index in [0.29, 0.717) is 0 Å². The lowest BCUT2D eigenvalue weighted by Gasteiger charge is -2.01. The van der Waals surface area contributed by atoms with E-state index in [4.69, 9.17) is 4.74 Å². The maximum absolute atomic E-state index is 5.52. The fraction of sp³-hybridized carbons (Fsp3) is 0.400. The molecule has 2 heteroatoms. The fourth-order valence-electron chi connectivity index (χ4n) is 1.05. The molecule has 0 bridgehead atoms. The Hall–Kier alpha value is -0.470. The molecule has 1 atom stereocenters. The highest BCUT2D eigenvalue weighted by molar-refractivity contribution is 8.06. The standard InChI is InChI=1S/C10H12OS/c1-2-4-9(5-3-1)6-11-7-10-8-12-10/h1-5,10H,6-8H2/t10-/m0/s1. The van der Waals surface area contributed by atoms with Crippen molar-refractivity contribution in [1.29, 1.82) is 0 Å². The Bertz CT molecular complexity index is 231. The van der Waals surface area contributed by atoms with Crippen molar-refractivity contribution in [3.05, 3.63) is 35.9 Å². The molecule has 0 saturated carbocycles. The average molecular weight is 180 g/mol. The smallest absolute Gasteiger partial charge is 0.0717 e. The molecule has 1 aromatic carbocycles. The van der Waals surface area contributed by atoms with Crippen LogP contribution >= 0.6 is 11.8 Å². The molecule has 1 heterocycles. The molecule has 0 aliphatic carbocycles. The normalized spacial score (nSPS) is 20.8. The largest absolute Gasteiger partial charge is 0.376 e. The van der Waals surface area contributed by atoms with Gasteiger partial charge < -0.3 is 4.74 Å². The average Bonchev–Trinajstić information content (AvgIpc) is 2.90. The first-order valence-corrected chi connectivity index (χ1v) is 5.23. The molecule has 2 rings (SSSR count). The van der Waals surface area contributed by atoms with Crippen LogP contribution in [0, 0.1) is 0 Å². The molecule has 1 saturated heterocycles. The van der Waals surface area contributed by atoms with E-state index in [-0.39, 0.29) is 0 Å². The maximum Gasteiger partial charge on any atom is 0.0717 e. The van der Waals surface area contributed by atoms with E-state index in [2.05, 4.69) is 12.1 Å². The van der Waals surface area contributed by atoms with Crippen molar-refractivity contribution in [2.45, 2.75) is 11.9 Å². The van der Waals surface area contributed by atoms with Crippen molar-refractivity contribution in [2.24, 2.45) is 0 Å². The van der Waals surface area contributed by atoms with Gasteiger partial charge in [-0.05, 0) is 5.56 Å². The zero-order valence-electron chi connectivity index (χ0n) is 6.90. The van der Waals surface area contributed by atoms with Gasteiger partial charge in [-0.15, -0.1) is 0 Å². The van der Waals surface area contributed by atoms with E-state index < -0.39 is 0 Å². The van der Waals surface area contributed by atoms with Gasteiger partial charge >= 0.3 is 0 Å². The second-order valence-corrected chi connectivity index (χ2v) is 4.29. The molecule has 1 aromatic rings. The molecular weight excluding hydrogens is 168 g/mol. The Morgan fingerprint density at radius 1 is 1.33 bits per heavy atom. The van der Waals surface area contributed by atoms with Gasteiger partial charge in [0.15, 0.2) is 0 Å². The third-order valence-electron chi connectivity index (χ3n) is 1.82. The quantitative estimate of drug-likeness (QED) is 0.658. The molecule has 0 radical (unpaired) electrons. The van der Waals surface area contributed by atoms with Crippen molar-refractivity contribution >= 4 is 11.8 Å². The van der Waals surface area contributed by atoms with Gasteiger partial charge in [-0.2, -0.15) is 11.8 Å². The highest BCUT2D eigenvalue weighted by Crippen LogP contribution is 2.30. The van der Waals surface area contributed by atoms with Gasteiger partial charge in [0.25, 0.3) is 0 Å². The van der Waals surface area contributed by atoms with Gasteiger partial charge in [-0.1, -0.05) is 30.3 Å². The molecule has 0 N–H and O–H groups in total. The van der Waals surface area contributed by atoms with Gasteiger partial charge in [0, 0.05) is 11.0 Å². The van der Waals surface area contributed by atoms with Crippen molar-refractivity contribution < 1.29 is 4.74 Å². The minimum atomic E-state index is 0.762. The van der Waals surface area contributed by atoms with Gasteiger partial charge in [0.05, 0.1) is 13.2 Å².